The van der Waals surface area contributed by atoms with Gasteiger partial charge in [-0.05, 0) is 56.6 Å². The molecule has 34 heavy (non-hydrogen) atoms. The van der Waals surface area contributed by atoms with Crippen molar-refractivity contribution >= 4 is 73.7 Å². The van der Waals surface area contributed by atoms with Crippen molar-refractivity contribution in [2.45, 2.75) is 9.79 Å². The molecule has 4 heteroatoms. The molecule has 0 aliphatic heterocycles. The highest BCUT2D eigenvalue weighted by Crippen LogP contribution is 2.41. The van der Waals surface area contributed by atoms with Gasteiger partial charge in [0.05, 0.1) is 14.5 Å². The van der Waals surface area contributed by atoms with E-state index >= 15 is 0 Å². The van der Waals surface area contributed by atoms with Crippen LogP contribution in [0.25, 0.3) is 52.5 Å². The first-order chi connectivity index (χ1) is 16.6. The van der Waals surface area contributed by atoms with E-state index in [9.17, 15) is 8.42 Å². The number of thiophene rings is 1. The van der Waals surface area contributed by atoms with E-state index in [4.69, 9.17) is 0 Å². The second kappa shape index (κ2) is 7.13. The van der Waals surface area contributed by atoms with Gasteiger partial charge in [-0.1, -0.05) is 84.9 Å². The molecule has 0 saturated carbocycles. The Kier molecular flexibility index (Phi) is 4.14. The SMILES string of the molecule is O=S(=O)(c1ccc2c3ccccc3c3ccccc3c2c1)c1cccc2c1sc1ccccc12. The molecule has 1 heterocycles. The van der Waals surface area contributed by atoms with Crippen molar-refractivity contribution in [1.82, 2.24) is 0 Å². The van der Waals surface area contributed by atoms with Gasteiger partial charge in [0.1, 0.15) is 0 Å². The van der Waals surface area contributed by atoms with Gasteiger partial charge in [0.2, 0.25) is 9.84 Å². The lowest BCUT2D eigenvalue weighted by Gasteiger charge is -2.12. The summed E-state index contributed by atoms with van der Waals surface area (Å²) in [5, 5.41) is 8.60. The molecule has 162 valence electrons. The van der Waals surface area contributed by atoms with Crippen LogP contribution < -0.4 is 0 Å². The highest BCUT2D eigenvalue weighted by Gasteiger charge is 2.23. The van der Waals surface area contributed by atoms with Crippen LogP contribution in [0.15, 0.2) is 119 Å². The number of sulfone groups is 1. The zero-order valence-electron chi connectivity index (χ0n) is 18.0. The van der Waals surface area contributed by atoms with Crippen LogP contribution in [0.5, 0.6) is 0 Å². The number of fused-ring (bicyclic) bond motifs is 9. The molecule has 7 rings (SSSR count). The minimum atomic E-state index is -3.72. The summed E-state index contributed by atoms with van der Waals surface area (Å²) >= 11 is 1.54. The Bertz CT molecular complexity index is 2000. The lowest BCUT2D eigenvalue weighted by Crippen LogP contribution is -2.02. The summed E-state index contributed by atoms with van der Waals surface area (Å²) in [5.41, 5.74) is 0. The Morgan fingerprint density at radius 3 is 1.68 bits per heavy atom. The molecule has 6 aromatic carbocycles. The van der Waals surface area contributed by atoms with E-state index in [1.165, 1.54) is 16.7 Å². The van der Waals surface area contributed by atoms with Crippen molar-refractivity contribution in [3.8, 4) is 0 Å². The van der Waals surface area contributed by atoms with Crippen LogP contribution in [0.4, 0.5) is 0 Å². The van der Waals surface area contributed by atoms with Gasteiger partial charge < -0.3 is 0 Å². The molecule has 0 spiro atoms. The minimum absolute atomic E-state index is 0.324. The molecule has 0 atom stereocenters. The van der Waals surface area contributed by atoms with E-state index in [0.717, 1.165) is 47.1 Å². The van der Waals surface area contributed by atoms with E-state index in [1.54, 1.807) is 12.1 Å². The normalized spacial score (nSPS) is 12.4. The highest BCUT2D eigenvalue weighted by molar-refractivity contribution is 7.92. The van der Waals surface area contributed by atoms with Gasteiger partial charge >= 0.3 is 0 Å². The molecule has 0 unspecified atom stereocenters. The Hall–Kier alpha value is -3.73. The molecule has 0 amide bonds. The molecule has 0 radical (unpaired) electrons. The van der Waals surface area contributed by atoms with E-state index in [-0.39, 0.29) is 0 Å². The highest BCUT2D eigenvalue weighted by atomic mass is 32.2. The summed E-state index contributed by atoms with van der Waals surface area (Å²) in [6, 6.07) is 35.8. The topological polar surface area (TPSA) is 34.1 Å². The third-order valence-corrected chi connectivity index (χ3v) is 9.83. The molecule has 7 aromatic rings. The predicted octanol–water partition coefficient (Wildman–Crippen LogP) is 8.35. The fourth-order valence-electron chi connectivity index (χ4n) is 5.11. The summed E-state index contributed by atoms with van der Waals surface area (Å²) in [5.74, 6) is 0. The molecular formula is C30H18O2S2. The first kappa shape index (κ1) is 19.7. The molecule has 0 aliphatic carbocycles. The zero-order valence-corrected chi connectivity index (χ0v) is 19.7. The van der Waals surface area contributed by atoms with E-state index < -0.39 is 9.84 Å². The quantitative estimate of drug-likeness (QED) is 0.236. The lowest BCUT2D eigenvalue weighted by atomic mass is 9.94. The maximum Gasteiger partial charge on any atom is 0.208 e. The van der Waals surface area contributed by atoms with Gasteiger partial charge in [0.15, 0.2) is 0 Å². The maximum absolute atomic E-state index is 14.0. The van der Waals surface area contributed by atoms with Crippen LogP contribution in [0.3, 0.4) is 0 Å². The third kappa shape index (κ3) is 2.70. The van der Waals surface area contributed by atoms with Crippen LogP contribution in [0, 0.1) is 0 Å². The second-order valence-corrected chi connectivity index (χ2v) is 11.5. The van der Waals surface area contributed by atoms with Gasteiger partial charge in [0.25, 0.3) is 0 Å². The molecule has 0 fully saturated rings. The van der Waals surface area contributed by atoms with E-state index in [0.29, 0.717) is 9.79 Å². The first-order valence-electron chi connectivity index (χ1n) is 11.1. The van der Waals surface area contributed by atoms with Crippen molar-refractivity contribution < 1.29 is 8.42 Å². The van der Waals surface area contributed by atoms with Gasteiger partial charge in [-0.25, -0.2) is 8.42 Å². The van der Waals surface area contributed by atoms with Crippen LogP contribution >= 0.6 is 11.3 Å². The molecule has 0 saturated heterocycles. The number of rotatable bonds is 2. The van der Waals surface area contributed by atoms with Crippen molar-refractivity contribution in [2.24, 2.45) is 0 Å². The van der Waals surface area contributed by atoms with Gasteiger partial charge in [-0.15, -0.1) is 11.3 Å². The van der Waals surface area contributed by atoms with Gasteiger partial charge in [-0.2, -0.15) is 0 Å². The smallest absolute Gasteiger partial charge is 0.208 e. The molecule has 0 bridgehead atoms. The second-order valence-electron chi connectivity index (χ2n) is 8.53. The van der Waals surface area contributed by atoms with Crippen LogP contribution in [0.2, 0.25) is 0 Å². The fourth-order valence-corrected chi connectivity index (χ4v) is 8.06. The third-order valence-electron chi connectivity index (χ3n) is 6.68. The van der Waals surface area contributed by atoms with Crippen LogP contribution in [-0.2, 0) is 9.84 Å². The molecule has 1 aromatic heterocycles. The van der Waals surface area contributed by atoms with Crippen LogP contribution in [0.1, 0.15) is 0 Å². The van der Waals surface area contributed by atoms with Crippen molar-refractivity contribution in [3.63, 3.8) is 0 Å². The lowest BCUT2D eigenvalue weighted by molar-refractivity contribution is 0.597. The summed E-state index contributed by atoms with van der Waals surface area (Å²) in [6.07, 6.45) is 0. The Morgan fingerprint density at radius 1 is 0.471 bits per heavy atom. The summed E-state index contributed by atoms with van der Waals surface area (Å²) < 4.78 is 29.9. The monoisotopic (exact) mass is 474 g/mol. The predicted molar refractivity (Wildman–Crippen MR) is 144 cm³/mol. The Morgan fingerprint density at radius 2 is 1.00 bits per heavy atom. The van der Waals surface area contributed by atoms with Crippen molar-refractivity contribution in [1.29, 1.82) is 0 Å². The van der Waals surface area contributed by atoms with Crippen molar-refractivity contribution in [2.75, 3.05) is 0 Å². The first-order valence-corrected chi connectivity index (χ1v) is 13.4. The molecular weight excluding hydrogens is 456 g/mol. The molecule has 2 nitrogen and oxygen atoms in total. The largest absolute Gasteiger partial charge is 0.218 e. The van der Waals surface area contributed by atoms with Crippen molar-refractivity contribution in [3.05, 3.63) is 109 Å². The fraction of sp³-hybridized carbons (Fsp3) is 0. The average molecular weight is 475 g/mol. The van der Waals surface area contributed by atoms with E-state index in [1.807, 2.05) is 66.7 Å². The summed E-state index contributed by atoms with van der Waals surface area (Å²) in [7, 11) is -3.72. The van der Waals surface area contributed by atoms with Gasteiger partial charge in [0, 0.05) is 15.5 Å². The standard InChI is InChI=1S/C30H18O2S2/c31-34(32,29-15-7-13-26-25-12-5-6-14-28(25)33-30(26)29)19-16-17-24-22-10-2-1-8-20(22)21-9-3-4-11-23(21)27(24)18-19/h1-18H. The summed E-state index contributed by atoms with van der Waals surface area (Å²) in [4.78, 5) is 0.695. The molecule has 0 aliphatic rings. The minimum Gasteiger partial charge on any atom is -0.218 e. The number of benzene rings is 6. The maximum atomic E-state index is 14.0. The average Bonchev–Trinajstić information content (AvgIpc) is 3.27. The molecule has 0 N–H and O–H groups in total. The number of hydrogen-bond acceptors (Lipinski definition) is 3. The summed E-state index contributed by atoms with van der Waals surface area (Å²) in [6.45, 7) is 0. The van der Waals surface area contributed by atoms with Gasteiger partial charge in [-0.3, -0.25) is 0 Å². The Labute approximate surface area is 200 Å². The van der Waals surface area contributed by atoms with Crippen LogP contribution in [-0.4, -0.2) is 8.42 Å². The number of hydrogen-bond donors (Lipinski definition) is 0. The Balaban J connectivity index is 1.54. The zero-order chi connectivity index (χ0) is 22.9. The van der Waals surface area contributed by atoms with E-state index in [2.05, 4.69) is 30.3 Å².